The molecule has 0 bridgehead atoms. The standard InChI is InChI=1S/C21H36O2Si/c1-16-9-11-17(12-10-16)21(6)14-18(13-20(21,5)15-22)23-24(7,8)19(2,3)4/h9-12,18,22H,13-15H2,1-8H3/t18-,20+,21-/m0/s1. The molecule has 24 heavy (non-hydrogen) atoms. The van der Waals surface area contributed by atoms with Crippen LogP contribution < -0.4 is 0 Å². The Bertz CT molecular complexity index is 572. The minimum absolute atomic E-state index is 0.0531. The maximum Gasteiger partial charge on any atom is 0.192 e. The van der Waals surface area contributed by atoms with Crippen LogP contribution >= 0.6 is 0 Å². The molecule has 1 aromatic carbocycles. The summed E-state index contributed by atoms with van der Waals surface area (Å²) < 4.78 is 6.73. The molecule has 1 fully saturated rings. The highest BCUT2D eigenvalue weighted by molar-refractivity contribution is 6.74. The predicted molar refractivity (Wildman–Crippen MR) is 105 cm³/mol. The lowest BCUT2D eigenvalue weighted by molar-refractivity contribution is 0.0807. The molecule has 0 aromatic heterocycles. The van der Waals surface area contributed by atoms with Crippen LogP contribution in [0.15, 0.2) is 24.3 Å². The van der Waals surface area contributed by atoms with Crippen LogP contribution in [0.5, 0.6) is 0 Å². The van der Waals surface area contributed by atoms with Crippen molar-refractivity contribution < 1.29 is 9.53 Å². The van der Waals surface area contributed by atoms with Crippen LogP contribution in [0.1, 0.15) is 58.6 Å². The fraction of sp³-hybridized carbons (Fsp3) is 0.714. The van der Waals surface area contributed by atoms with Crippen molar-refractivity contribution in [1.82, 2.24) is 0 Å². The lowest BCUT2D eigenvalue weighted by Crippen LogP contribution is -2.43. The summed E-state index contributed by atoms with van der Waals surface area (Å²) >= 11 is 0. The summed E-state index contributed by atoms with van der Waals surface area (Å²) in [5, 5.41) is 10.4. The Morgan fingerprint density at radius 3 is 2.12 bits per heavy atom. The van der Waals surface area contributed by atoms with Gasteiger partial charge in [-0.2, -0.15) is 0 Å². The maximum atomic E-state index is 10.2. The van der Waals surface area contributed by atoms with Crippen LogP contribution in [0, 0.1) is 12.3 Å². The van der Waals surface area contributed by atoms with Crippen LogP contribution in [-0.2, 0) is 9.84 Å². The largest absolute Gasteiger partial charge is 0.414 e. The van der Waals surface area contributed by atoms with Crippen LogP contribution in [0.2, 0.25) is 18.1 Å². The van der Waals surface area contributed by atoms with Crippen molar-refractivity contribution in [3.8, 4) is 0 Å². The van der Waals surface area contributed by atoms with Crippen LogP contribution in [0.25, 0.3) is 0 Å². The molecule has 0 aliphatic heterocycles. The second-order valence-electron chi connectivity index (χ2n) is 9.83. The molecule has 1 aromatic rings. The smallest absolute Gasteiger partial charge is 0.192 e. The molecule has 1 aliphatic carbocycles. The number of aliphatic hydroxyl groups excluding tert-OH is 1. The van der Waals surface area contributed by atoms with Gasteiger partial charge in [-0.1, -0.05) is 64.4 Å². The Hall–Kier alpha value is -0.643. The molecule has 1 N–H and O–H groups in total. The van der Waals surface area contributed by atoms with Gasteiger partial charge < -0.3 is 9.53 Å². The SMILES string of the molecule is Cc1ccc([C@]2(C)C[C@@H](O[Si](C)(C)C(C)(C)C)C[C@]2(C)CO)cc1. The summed E-state index contributed by atoms with van der Waals surface area (Å²) in [7, 11) is -1.80. The Morgan fingerprint density at radius 1 is 1.12 bits per heavy atom. The number of hydrogen-bond acceptors (Lipinski definition) is 2. The molecule has 2 nitrogen and oxygen atoms in total. The van der Waals surface area contributed by atoms with Crippen molar-refractivity contribution in [3.05, 3.63) is 35.4 Å². The second-order valence-corrected chi connectivity index (χ2v) is 14.6. The Labute approximate surface area is 149 Å². The highest BCUT2D eigenvalue weighted by Gasteiger charge is 2.55. The van der Waals surface area contributed by atoms with Gasteiger partial charge in [0, 0.05) is 23.5 Å². The molecule has 0 amide bonds. The summed E-state index contributed by atoms with van der Waals surface area (Å²) in [4.78, 5) is 0. The Morgan fingerprint density at radius 2 is 1.67 bits per heavy atom. The first-order valence-electron chi connectivity index (χ1n) is 9.20. The van der Waals surface area contributed by atoms with Crippen LogP contribution in [0.3, 0.4) is 0 Å². The van der Waals surface area contributed by atoms with Gasteiger partial charge in [0.05, 0.1) is 0 Å². The van der Waals surface area contributed by atoms with E-state index in [4.69, 9.17) is 4.43 Å². The number of benzene rings is 1. The molecule has 0 spiro atoms. The number of hydrogen-bond donors (Lipinski definition) is 1. The van der Waals surface area contributed by atoms with Gasteiger partial charge in [-0.15, -0.1) is 0 Å². The fourth-order valence-corrected chi connectivity index (χ4v) is 5.16. The number of aliphatic hydroxyl groups is 1. The van der Waals surface area contributed by atoms with Gasteiger partial charge >= 0.3 is 0 Å². The summed E-state index contributed by atoms with van der Waals surface area (Å²) in [5.74, 6) is 0. The van der Waals surface area contributed by atoms with E-state index in [1.807, 2.05) is 0 Å². The highest BCUT2D eigenvalue weighted by Crippen LogP contribution is 2.55. The summed E-state index contributed by atoms with van der Waals surface area (Å²) in [6, 6.07) is 8.83. The van der Waals surface area contributed by atoms with Gasteiger partial charge in [0.2, 0.25) is 0 Å². The molecule has 0 heterocycles. The number of aryl methyl sites for hydroxylation is 1. The normalized spacial score (nSPS) is 31.5. The molecule has 0 radical (unpaired) electrons. The van der Waals surface area contributed by atoms with Crippen LogP contribution in [0.4, 0.5) is 0 Å². The molecule has 1 aliphatic rings. The molecule has 0 saturated heterocycles. The molecule has 3 heteroatoms. The molecule has 3 atom stereocenters. The van der Waals surface area contributed by atoms with Gasteiger partial charge in [0.25, 0.3) is 0 Å². The van der Waals surface area contributed by atoms with E-state index in [1.54, 1.807) is 0 Å². The number of rotatable bonds is 4. The quantitative estimate of drug-likeness (QED) is 0.735. The van der Waals surface area contributed by atoms with Crippen molar-refractivity contribution in [2.24, 2.45) is 5.41 Å². The first-order valence-corrected chi connectivity index (χ1v) is 12.1. The van der Waals surface area contributed by atoms with E-state index in [0.717, 1.165) is 12.8 Å². The summed E-state index contributed by atoms with van der Waals surface area (Å²) in [5.41, 5.74) is 2.41. The van der Waals surface area contributed by atoms with E-state index >= 15 is 0 Å². The summed E-state index contributed by atoms with van der Waals surface area (Å²) in [6.45, 7) is 18.4. The minimum atomic E-state index is -1.80. The van der Waals surface area contributed by atoms with Gasteiger partial charge in [0.1, 0.15) is 0 Å². The van der Waals surface area contributed by atoms with E-state index < -0.39 is 8.32 Å². The van der Waals surface area contributed by atoms with E-state index in [0.29, 0.717) is 0 Å². The second kappa shape index (κ2) is 6.26. The van der Waals surface area contributed by atoms with Crippen molar-refractivity contribution >= 4 is 8.32 Å². The molecule has 2 rings (SSSR count). The third-order valence-electron chi connectivity index (χ3n) is 6.95. The van der Waals surface area contributed by atoms with E-state index in [-0.39, 0.29) is 28.6 Å². The summed E-state index contributed by atoms with van der Waals surface area (Å²) in [6.07, 6.45) is 2.15. The predicted octanol–water partition coefficient (Wildman–Crippen LogP) is 5.44. The molecule has 1 saturated carbocycles. The lowest BCUT2D eigenvalue weighted by atomic mass is 9.64. The third kappa shape index (κ3) is 3.36. The Kier molecular flexibility index (Phi) is 5.13. The maximum absolute atomic E-state index is 10.2. The highest BCUT2D eigenvalue weighted by atomic mass is 28.4. The van der Waals surface area contributed by atoms with E-state index in [1.165, 1.54) is 11.1 Å². The minimum Gasteiger partial charge on any atom is -0.414 e. The van der Waals surface area contributed by atoms with Crippen molar-refractivity contribution in [2.75, 3.05) is 6.61 Å². The van der Waals surface area contributed by atoms with Crippen LogP contribution in [-0.4, -0.2) is 26.1 Å². The zero-order valence-electron chi connectivity index (χ0n) is 16.9. The van der Waals surface area contributed by atoms with Crippen molar-refractivity contribution in [3.63, 3.8) is 0 Å². The average molecular weight is 349 g/mol. The zero-order chi connectivity index (χ0) is 18.4. The average Bonchev–Trinajstić information content (AvgIpc) is 2.70. The van der Waals surface area contributed by atoms with Gasteiger partial charge in [-0.05, 0) is 43.5 Å². The van der Waals surface area contributed by atoms with E-state index in [2.05, 4.69) is 78.9 Å². The molecular formula is C21H36O2Si. The zero-order valence-corrected chi connectivity index (χ0v) is 17.9. The van der Waals surface area contributed by atoms with Crippen molar-refractivity contribution in [1.29, 1.82) is 0 Å². The molecular weight excluding hydrogens is 312 g/mol. The first-order chi connectivity index (χ1) is 10.8. The monoisotopic (exact) mass is 348 g/mol. The van der Waals surface area contributed by atoms with E-state index in [9.17, 15) is 5.11 Å². The molecule has 0 unspecified atom stereocenters. The topological polar surface area (TPSA) is 29.5 Å². The Balaban J connectivity index is 2.32. The van der Waals surface area contributed by atoms with Gasteiger partial charge in [0.15, 0.2) is 8.32 Å². The lowest BCUT2D eigenvalue weighted by Gasteiger charge is -2.40. The first kappa shape index (κ1) is 19.7. The third-order valence-corrected chi connectivity index (χ3v) is 11.5. The van der Waals surface area contributed by atoms with Gasteiger partial charge in [-0.25, -0.2) is 0 Å². The molecule has 136 valence electrons. The van der Waals surface area contributed by atoms with Gasteiger partial charge in [-0.3, -0.25) is 0 Å². The van der Waals surface area contributed by atoms with Crippen molar-refractivity contribution in [2.45, 2.75) is 84.0 Å². The fourth-order valence-electron chi connectivity index (χ4n) is 3.81.